The molecule has 0 aliphatic heterocycles. The summed E-state index contributed by atoms with van der Waals surface area (Å²) in [6.07, 6.45) is 3.16. The number of hydrogen-bond acceptors (Lipinski definition) is 4. The maximum Gasteiger partial charge on any atom is 0.166 e. The van der Waals surface area contributed by atoms with E-state index in [1.54, 1.807) is 12.4 Å². The number of aromatic nitrogens is 1. The number of fused-ring (bicyclic) bond motifs is 1. The van der Waals surface area contributed by atoms with Crippen molar-refractivity contribution in [2.45, 2.75) is 25.5 Å². The van der Waals surface area contributed by atoms with Crippen LogP contribution in [0, 0.1) is 0 Å². The highest BCUT2D eigenvalue weighted by Crippen LogP contribution is 2.19. The highest BCUT2D eigenvalue weighted by Gasteiger charge is 2.16. The zero-order valence-electron chi connectivity index (χ0n) is 14.2. The first-order valence-electron chi connectivity index (χ1n) is 8.49. The third-order valence-corrected chi connectivity index (χ3v) is 4.40. The number of aliphatic hydroxyl groups excluding tert-OH is 1. The Balaban J connectivity index is 1.59. The second-order valence-corrected chi connectivity index (χ2v) is 6.18. The second-order valence-electron chi connectivity index (χ2n) is 6.18. The lowest BCUT2D eigenvalue weighted by Crippen LogP contribution is -2.33. The van der Waals surface area contributed by atoms with Crippen LogP contribution in [0.1, 0.15) is 35.4 Å². The monoisotopic (exact) mass is 334 g/mol. The van der Waals surface area contributed by atoms with E-state index in [2.05, 4.69) is 10.3 Å². The van der Waals surface area contributed by atoms with Gasteiger partial charge in [-0.2, -0.15) is 0 Å². The topological polar surface area (TPSA) is 62.2 Å². The number of rotatable bonds is 7. The number of aliphatic hydroxyl groups is 1. The normalized spacial score (nSPS) is 13.5. The molecule has 3 aromatic rings. The van der Waals surface area contributed by atoms with Gasteiger partial charge in [-0.3, -0.25) is 9.78 Å². The Kier molecular flexibility index (Phi) is 5.53. The highest BCUT2D eigenvalue weighted by atomic mass is 16.3. The lowest BCUT2D eigenvalue weighted by atomic mass is 10.0. The molecule has 3 rings (SSSR count). The molecule has 2 unspecified atom stereocenters. The van der Waals surface area contributed by atoms with E-state index in [9.17, 15) is 9.90 Å². The average Bonchev–Trinajstić information content (AvgIpc) is 2.67. The maximum absolute atomic E-state index is 12.5. The number of benzene rings is 2. The van der Waals surface area contributed by atoms with Crippen LogP contribution in [0.25, 0.3) is 10.8 Å². The fourth-order valence-corrected chi connectivity index (χ4v) is 2.94. The van der Waals surface area contributed by atoms with Crippen LogP contribution >= 0.6 is 0 Å². The first kappa shape index (κ1) is 17.3. The molecular weight excluding hydrogens is 312 g/mol. The Morgan fingerprint density at radius 2 is 1.80 bits per heavy atom. The highest BCUT2D eigenvalue weighted by molar-refractivity contribution is 6.07. The molecule has 25 heavy (non-hydrogen) atoms. The molecule has 0 bridgehead atoms. The number of hydrogen-bond donors (Lipinski definition) is 2. The van der Waals surface area contributed by atoms with Gasteiger partial charge in [0.25, 0.3) is 0 Å². The van der Waals surface area contributed by atoms with Crippen molar-refractivity contribution < 1.29 is 9.90 Å². The molecule has 2 aromatic carbocycles. The predicted molar refractivity (Wildman–Crippen MR) is 99.6 cm³/mol. The van der Waals surface area contributed by atoms with Crippen LogP contribution in [0.2, 0.25) is 0 Å². The quantitative estimate of drug-likeness (QED) is 0.649. The van der Waals surface area contributed by atoms with Crippen molar-refractivity contribution in [2.75, 3.05) is 6.54 Å². The van der Waals surface area contributed by atoms with Crippen molar-refractivity contribution in [1.82, 2.24) is 10.3 Å². The van der Waals surface area contributed by atoms with Gasteiger partial charge in [0, 0.05) is 42.4 Å². The van der Waals surface area contributed by atoms with Gasteiger partial charge in [0.05, 0.1) is 6.10 Å². The zero-order chi connectivity index (χ0) is 17.6. The summed E-state index contributed by atoms with van der Waals surface area (Å²) < 4.78 is 0. The molecule has 2 N–H and O–H groups in total. The third kappa shape index (κ3) is 4.10. The summed E-state index contributed by atoms with van der Waals surface area (Å²) in [6.45, 7) is 2.43. The van der Waals surface area contributed by atoms with Gasteiger partial charge in [0.2, 0.25) is 0 Å². The summed E-state index contributed by atoms with van der Waals surface area (Å²) in [5, 5.41) is 15.5. The Bertz CT molecular complexity index is 843. The fourth-order valence-electron chi connectivity index (χ4n) is 2.94. The lowest BCUT2D eigenvalue weighted by Gasteiger charge is -2.20. The van der Waals surface area contributed by atoms with E-state index in [1.165, 1.54) is 0 Å². The predicted octanol–water partition coefficient (Wildman–Crippen LogP) is 3.52. The van der Waals surface area contributed by atoms with Crippen LogP contribution in [0.4, 0.5) is 0 Å². The zero-order valence-corrected chi connectivity index (χ0v) is 14.2. The second kappa shape index (κ2) is 8.01. The van der Waals surface area contributed by atoms with Crippen molar-refractivity contribution in [2.24, 2.45) is 0 Å². The van der Waals surface area contributed by atoms with Crippen molar-refractivity contribution >= 4 is 16.6 Å². The average molecular weight is 334 g/mol. The van der Waals surface area contributed by atoms with Gasteiger partial charge < -0.3 is 10.4 Å². The molecule has 2 atom stereocenters. The summed E-state index contributed by atoms with van der Waals surface area (Å²) in [4.78, 5) is 16.7. The number of carbonyl (C=O) groups excluding carboxylic acids is 1. The van der Waals surface area contributed by atoms with Gasteiger partial charge in [-0.05, 0) is 17.9 Å². The number of nitrogens with zero attached hydrogens (tertiary/aromatic N) is 1. The summed E-state index contributed by atoms with van der Waals surface area (Å²) in [7, 11) is 0. The molecule has 0 spiro atoms. The van der Waals surface area contributed by atoms with E-state index in [4.69, 9.17) is 0 Å². The third-order valence-electron chi connectivity index (χ3n) is 4.40. The number of pyridine rings is 1. The Labute approximate surface area is 147 Å². The van der Waals surface area contributed by atoms with Crippen molar-refractivity contribution in [3.8, 4) is 0 Å². The maximum atomic E-state index is 12.5. The SMILES string of the molecule is CC(NCCC(=O)c1cncc2ccccc12)C(O)c1ccccc1. The van der Waals surface area contributed by atoms with E-state index >= 15 is 0 Å². The fraction of sp³-hybridized carbons (Fsp3) is 0.238. The van der Waals surface area contributed by atoms with Crippen molar-refractivity contribution in [3.63, 3.8) is 0 Å². The number of ketones is 1. The summed E-state index contributed by atoms with van der Waals surface area (Å²) in [5.41, 5.74) is 1.52. The molecular formula is C21H22N2O2. The molecule has 4 heteroatoms. The minimum Gasteiger partial charge on any atom is -0.387 e. The van der Waals surface area contributed by atoms with Gasteiger partial charge in [0.1, 0.15) is 0 Å². The molecule has 0 radical (unpaired) electrons. The van der Waals surface area contributed by atoms with Crippen LogP contribution < -0.4 is 5.32 Å². The van der Waals surface area contributed by atoms with E-state index in [1.807, 2.05) is 61.5 Å². The number of nitrogens with one attached hydrogen (secondary N) is 1. The van der Waals surface area contributed by atoms with Crippen LogP contribution in [0.5, 0.6) is 0 Å². The Hall–Kier alpha value is -2.56. The van der Waals surface area contributed by atoms with Gasteiger partial charge >= 0.3 is 0 Å². The molecule has 0 aliphatic carbocycles. The molecule has 1 aromatic heterocycles. The molecule has 0 saturated carbocycles. The molecule has 1 heterocycles. The standard InChI is InChI=1S/C21H22N2O2/c1-15(21(25)16-7-3-2-4-8-16)23-12-11-20(24)19-14-22-13-17-9-5-6-10-18(17)19/h2-10,13-15,21,23,25H,11-12H2,1H3. The molecule has 0 amide bonds. The van der Waals surface area contributed by atoms with E-state index in [0.717, 1.165) is 16.3 Å². The Morgan fingerprint density at radius 3 is 2.60 bits per heavy atom. The van der Waals surface area contributed by atoms with Crippen LogP contribution in [-0.4, -0.2) is 28.5 Å². The van der Waals surface area contributed by atoms with E-state index < -0.39 is 6.10 Å². The Morgan fingerprint density at radius 1 is 1.08 bits per heavy atom. The molecule has 0 saturated heterocycles. The van der Waals surface area contributed by atoms with E-state index in [-0.39, 0.29) is 11.8 Å². The van der Waals surface area contributed by atoms with Crippen LogP contribution in [0.15, 0.2) is 67.0 Å². The van der Waals surface area contributed by atoms with Crippen LogP contribution in [0.3, 0.4) is 0 Å². The molecule has 128 valence electrons. The summed E-state index contributed by atoms with van der Waals surface area (Å²) in [5.74, 6) is 0.0539. The number of Topliss-reactive ketones (excluding diaryl/α,β-unsaturated/α-hetero) is 1. The van der Waals surface area contributed by atoms with Crippen LogP contribution in [-0.2, 0) is 0 Å². The van der Waals surface area contributed by atoms with Gasteiger partial charge in [-0.1, -0.05) is 54.6 Å². The van der Waals surface area contributed by atoms with E-state index in [0.29, 0.717) is 18.5 Å². The molecule has 0 fully saturated rings. The first-order valence-corrected chi connectivity index (χ1v) is 8.49. The van der Waals surface area contributed by atoms with Gasteiger partial charge in [0.15, 0.2) is 5.78 Å². The minimum atomic E-state index is -0.601. The molecule has 0 aliphatic rings. The minimum absolute atomic E-state index is 0.0539. The van der Waals surface area contributed by atoms with Crippen molar-refractivity contribution in [1.29, 1.82) is 0 Å². The van der Waals surface area contributed by atoms with Crippen molar-refractivity contribution in [3.05, 3.63) is 78.1 Å². The van der Waals surface area contributed by atoms with Gasteiger partial charge in [-0.25, -0.2) is 0 Å². The number of carbonyl (C=O) groups is 1. The first-order chi connectivity index (χ1) is 12.2. The van der Waals surface area contributed by atoms with Gasteiger partial charge in [-0.15, -0.1) is 0 Å². The lowest BCUT2D eigenvalue weighted by molar-refractivity contribution is 0.0973. The summed E-state index contributed by atoms with van der Waals surface area (Å²) >= 11 is 0. The largest absolute Gasteiger partial charge is 0.387 e. The summed E-state index contributed by atoms with van der Waals surface area (Å²) in [6, 6.07) is 17.2. The molecule has 4 nitrogen and oxygen atoms in total. The smallest absolute Gasteiger partial charge is 0.166 e.